The number of halogens is 3. The van der Waals surface area contributed by atoms with E-state index in [-0.39, 0.29) is 23.9 Å². The first-order valence-electron chi connectivity index (χ1n) is 7.32. The minimum Gasteiger partial charge on any atom is -0.482 e. The van der Waals surface area contributed by atoms with Crippen molar-refractivity contribution < 1.29 is 22.7 Å². The van der Waals surface area contributed by atoms with Gasteiger partial charge in [-0.1, -0.05) is 26.0 Å². The van der Waals surface area contributed by atoms with E-state index in [1.165, 1.54) is 18.2 Å². The van der Waals surface area contributed by atoms with Crippen LogP contribution in [0.3, 0.4) is 0 Å². The van der Waals surface area contributed by atoms with Crippen molar-refractivity contribution >= 4 is 11.6 Å². The van der Waals surface area contributed by atoms with Crippen LogP contribution in [-0.4, -0.2) is 30.8 Å². The van der Waals surface area contributed by atoms with Gasteiger partial charge in [-0.2, -0.15) is 18.4 Å². The van der Waals surface area contributed by atoms with Gasteiger partial charge in [-0.3, -0.25) is 4.79 Å². The summed E-state index contributed by atoms with van der Waals surface area (Å²) in [6.45, 7) is 3.60. The molecule has 24 heavy (non-hydrogen) atoms. The summed E-state index contributed by atoms with van der Waals surface area (Å²) in [5.41, 5.74) is -0.759. The highest BCUT2D eigenvalue weighted by Gasteiger charge is 2.30. The molecule has 0 spiro atoms. The van der Waals surface area contributed by atoms with Gasteiger partial charge in [0, 0.05) is 0 Å². The predicted molar refractivity (Wildman–Crippen MR) is 83.5 cm³/mol. The van der Waals surface area contributed by atoms with Crippen LogP contribution in [0.5, 0.6) is 5.75 Å². The molecule has 0 aliphatic rings. The molecule has 1 aromatic rings. The van der Waals surface area contributed by atoms with E-state index in [1.807, 2.05) is 6.07 Å². The Morgan fingerprint density at radius 3 is 2.50 bits per heavy atom. The quantitative estimate of drug-likeness (QED) is 0.798. The van der Waals surface area contributed by atoms with Crippen LogP contribution in [0.4, 0.5) is 18.9 Å². The highest BCUT2D eigenvalue weighted by Crippen LogP contribution is 2.26. The van der Waals surface area contributed by atoms with Crippen LogP contribution in [0.1, 0.15) is 20.8 Å². The van der Waals surface area contributed by atoms with Gasteiger partial charge in [0.2, 0.25) is 5.91 Å². The van der Waals surface area contributed by atoms with Crippen molar-refractivity contribution in [1.29, 1.82) is 5.26 Å². The number of nitrogens with one attached hydrogen (secondary N) is 2. The van der Waals surface area contributed by atoms with Crippen LogP contribution in [0, 0.1) is 17.2 Å². The Bertz CT molecular complexity index is 611. The Labute approximate surface area is 138 Å². The van der Waals surface area contributed by atoms with Gasteiger partial charge in [0.05, 0.1) is 18.3 Å². The molecule has 2 N–H and O–H groups in total. The van der Waals surface area contributed by atoms with Crippen molar-refractivity contribution in [1.82, 2.24) is 5.32 Å². The van der Waals surface area contributed by atoms with E-state index < -0.39 is 24.2 Å². The SMILES string of the molecule is CC(C)[C@](C)(C#N)NC(=O)CNc1ccccc1OCC(F)(F)F. The average molecular weight is 343 g/mol. The Morgan fingerprint density at radius 2 is 1.96 bits per heavy atom. The molecule has 1 amide bonds. The second-order valence-corrected chi connectivity index (χ2v) is 5.77. The van der Waals surface area contributed by atoms with E-state index in [0.29, 0.717) is 0 Å². The molecular weight excluding hydrogens is 323 g/mol. The summed E-state index contributed by atoms with van der Waals surface area (Å²) in [7, 11) is 0. The predicted octanol–water partition coefficient (Wildman–Crippen LogP) is 3.09. The average Bonchev–Trinajstić information content (AvgIpc) is 2.50. The molecule has 1 atom stereocenters. The summed E-state index contributed by atoms with van der Waals surface area (Å²) in [4.78, 5) is 12.0. The highest BCUT2D eigenvalue weighted by atomic mass is 19.4. The van der Waals surface area contributed by atoms with Crippen molar-refractivity contribution in [3.63, 3.8) is 0 Å². The van der Waals surface area contributed by atoms with Crippen LogP contribution in [0.2, 0.25) is 0 Å². The summed E-state index contributed by atoms with van der Waals surface area (Å²) in [5.74, 6) is -0.554. The number of carbonyl (C=O) groups is 1. The Hall–Kier alpha value is -2.43. The number of hydrogen-bond acceptors (Lipinski definition) is 4. The zero-order valence-corrected chi connectivity index (χ0v) is 13.7. The molecule has 1 aromatic carbocycles. The van der Waals surface area contributed by atoms with Crippen molar-refractivity contribution in [3.05, 3.63) is 24.3 Å². The lowest BCUT2D eigenvalue weighted by Gasteiger charge is -2.27. The molecule has 132 valence electrons. The third-order valence-corrected chi connectivity index (χ3v) is 3.50. The van der Waals surface area contributed by atoms with Gasteiger partial charge in [-0.15, -0.1) is 0 Å². The van der Waals surface area contributed by atoms with Crippen LogP contribution >= 0.6 is 0 Å². The highest BCUT2D eigenvalue weighted by molar-refractivity contribution is 5.82. The molecule has 0 radical (unpaired) electrons. The lowest BCUT2D eigenvalue weighted by atomic mass is 9.90. The molecule has 5 nitrogen and oxygen atoms in total. The molecule has 0 aromatic heterocycles. The van der Waals surface area contributed by atoms with Gasteiger partial charge in [-0.25, -0.2) is 0 Å². The topological polar surface area (TPSA) is 74.2 Å². The van der Waals surface area contributed by atoms with Crippen molar-refractivity contribution in [2.75, 3.05) is 18.5 Å². The second kappa shape index (κ2) is 7.90. The van der Waals surface area contributed by atoms with Crippen molar-refractivity contribution in [2.45, 2.75) is 32.5 Å². The van der Waals surface area contributed by atoms with Gasteiger partial charge in [0.25, 0.3) is 0 Å². The lowest BCUT2D eigenvalue weighted by molar-refractivity contribution is -0.153. The van der Waals surface area contributed by atoms with Crippen molar-refractivity contribution in [2.24, 2.45) is 5.92 Å². The van der Waals surface area contributed by atoms with Crippen molar-refractivity contribution in [3.8, 4) is 11.8 Å². The Kier molecular flexibility index (Phi) is 6.46. The maximum absolute atomic E-state index is 12.2. The van der Waals surface area contributed by atoms with E-state index in [4.69, 9.17) is 10.00 Å². The Morgan fingerprint density at radius 1 is 1.33 bits per heavy atom. The fourth-order valence-corrected chi connectivity index (χ4v) is 1.71. The summed E-state index contributed by atoms with van der Waals surface area (Å²) >= 11 is 0. The van der Waals surface area contributed by atoms with E-state index in [1.54, 1.807) is 26.8 Å². The number of benzene rings is 1. The number of ether oxygens (including phenoxy) is 1. The molecular formula is C16H20F3N3O2. The number of rotatable bonds is 7. The van der Waals surface area contributed by atoms with Crippen LogP contribution in [-0.2, 0) is 4.79 Å². The molecule has 0 saturated carbocycles. The largest absolute Gasteiger partial charge is 0.482 e. The van der Waals surface area contributed by atoms with E-state index in [9.17, 15) is 18.0 Å². The van der Waals surface area contributed by atoms with E-state index >= 15 is 0 Å². The zero-order valence-electron chi connectivity index (χ0n) is 13.7. The summed E-state index contributed by atoms with van der Waals surface area (Å²) in [6, 6.07) is 8.06. The fourth-order valence-electron chi connectivity index (χ4n) is 1.71. The van der Waals surface area contributed by atoms with Gasteiger partial charge in [0.1, 0.15) is 11.3 Å². The molecule has 0 heterocycles. The maximum Gasteiger partial charge on any atom is 0.422 e. The number of para-hydroxylation sites is 2. The minimum atomic E-state index is -4.45. The summed E-state index contributed by atoms with van der Waals surface area (Å²) < 4.78 is 41.5. The standard InChI is InChI=1S/C16H20F3N3O2/c1-11(2)15(3,9-20)22-14(23)8-21-12-6-4-5-7-13(12)24-10-16(17,18)19/h4-7,11,21H,8,10H2,1-3H3,(H,22,23)/t15-/m0/s1. The molecule has 0 aliphatic carbocycles. The monoisotopic (exact) mass is 343 g/mol. The third-order valence-electron chi connectivity index (χ3n) is 3.50. The van der Waals surface area contributed by atoms with E-state index in [2.05, 4.69) is 10.6 Å². The number of nitriles is 1. The van der Waals surface area contributed by atoms with Crippen LogP contribution in [0.25, 0.3) is 0 Å². The number of nitrogens with zero attached hydrogens (tertiary/aromatic N) is 1. The smallest absolute Gasteiger partial charge is 0.422 e. The second-order valence-electron chi connectivity index (χ2n) is 5.77. The summed E-state index contributed by atoms with van der Waals surface area (Å²) in [6.07, 6.45) is -4.45. The number of anilines is 1. The number of hydrogen-bond donors (Lipinski definition) is 2. The summed E-state index contributed by atoms with van der Waals surface area (Å²) in [5, 5.41) is 14.5. The molecule has 0 bridgehead atoms. The molecule has 0 unspecified atom stereocenters. The Balaban J connectivity index is 2.68. The van der Waals surface area contributed by atoms with Gasteiger partial charge in [-0.05, 0) is 25.0 Å². The van der Waals surface area contributed by atoms with Crippen LogP contribution < -0.4 is 15.4 Å². The molecule has 0 aliphatic heterocycles. The minimum absolute atomic E-state index is 0.00507. The molecule has 8 heteroatoms. The van der Waals surface area contributed by atoms with Gasteiger partial charge < -0.3 is 15.4 Å². The molecule has 1 rings (SSSR count). The van der Waals surface area contributed by atoms with Gasteiger partial charge >= 0.3 is 6.18 Å². The third kappa shape index (κ3) is 5.99. The first kappa shape index (κ1) is 19.6. The maximum atomic E-state index is 12.2. The molecule has 0 fully saturated rings. The normalized spacial score (nSPS) is 13.8. The van der Waals surface area contributed by atoms with E-state index in [0.717, 1.165) is 0 Å². The number of amides is 1. The number of carbonyl (C=O) groups excluding carboxylic acids is 1. The van der Waals surface area contributed by atoms with Gasteiger partial charge in [0.15, 0.2) is 6.61 Å². The van der Waals surface area contributed by atoms with Crippen LogP contribution in [0.15, 0.2) is 24.3 Å². The fraction of sp³-hybridized carbons (Fsp3) is 0.500. The number of alkyl halides is 3. The molecule has 0 saturated heterocycles. The lowest BCUT2D eigenvalue weighted by Crippen LogP contribution is -2.50. The first-order valence-corrected chi connectivity index (χ1v) is 7.32. The first-order chi connectivity index (χ1) is 11.1. The zero-order chi connectivity index (χ0) is 18.4.